The Morgan fingerprint density at radius 3 is 2.06 bits per heavy atom. The van der Waals surface area contributed by atoms with Crippen molar-refractivity contribution in [2.24, 2.45) is 11.3 Å². The molecule has 5 heteroatoms. The van der Waals surface area contributed by atoms with Crippen molar-refractivity contribution in [3.63, 3.8) is 0 Å². The van der Waals surface area contributed by atoms with Gasteiger partial charge in [-0.05, 0) is 24.2 Å². The highest BCUT2D eigenvalue weighted by Gasteiger charge is 2.26. The molecule has 0 atom stereocenters. The van der Waals surface area contributed by atoms with E-state index in [1.54, 1.807) is 0 Å². The van der Waals surface area contributed by atoms with Crippen LogP contribution in [0, 0.1) is 11.3 Å². The topological polar surface area (TPSA) is 46.2 Å². The minimum Gasteiger partial charge on any atom is -0.215 e. The summed E-state index contributed by atoms with van der Waals surface area (Å²) in [6, 6.07) is 0. The van der Waals surface area contributed by atoms with Gasteiger partial charge in [0.1, 0.15) is 0 Å². The van der Waals surface area contributed by atoms with Crippen LogP contribution >= 0.6 is 15.9 Å². The summed E-state index contributed by atoms with van der Waals surface area (Å²) in [5.41, 5.74) is 0.0457. The lowest BCUT2D eigenvalue weighted by Crippen LogP contribution is -2.39. The average molecular weight is 314 g/mol. The molecule has 0 saturated carbocycles. The van der Waals surface area contributed by atoms with E-state index < -0.39 is 10.0 Å². The van der Waals surface area contributed by atoms with Crippen molar-refractivity contribution in [1.82, 2.24) is 4.72 Å². The molecule has 0 bridgehead atoms. The molecule has 0 aromatic rings. The molecular formula is C11H24BrNO2S. The van der Waals surface area contributed by atoms with Crippen molar-refractivity contribution >= 4 is 26.0 Å². The number of alkyl halides is 1. The zero-order chi connectivity index (χ0) is 12.8. The molecule has 0 aromatic carbocycles. The van der Waals surface area contributed by atoms with Crippen LogP contribution in [0.2, 0.25) is 0 Å². The molecule has 1 N–H and O–H groups in total. The van der Waals surface area contributed by atoms with Crippen LogP contribution in [-0.4, -0.2) is 26.0 Å². The molecule has 0 saturated heterocycles. The van der Waals surface area contributed by atoms with Crippen LogP contribution in [-0.2, 0) is 10.0 Å². The lowest BCUT2D eigenvalue weighted by molar-refractivity contribution is 0.309. The minimum absolute atomic E-state index is 0.0457. The van der Waals surface area contributed by atoms with Crippen molar-refractivity contribution in [2.45, 2.75) is 40.5 Å². The van der Waals surface area contributed by atoms with E-state index in [0.717, 1.165) is 18.2 Å². The third-order valence-electron chi connectivity index (χ3n) is 3.00. The van der Waals surface area contributed by atoms with Gasteiger partial charge in [0.25, 0.3) is 0 Å². The van der Waals surface area contributed by atoms with Gasteiger partial charge in [-0.15, -0.1) is 0 Å². The molecule has 0 amide bonds. The normalized spacial score (nSPS) is 13.4. The highest BCUT2D eigenvalue weighted by molar-refractivity contribution is 9.09. The molecule has 0 unspecified atom stereocenters. The zero-order valence-corrected chi connectivity index (χ0v) is 13.1. The first kappa shape index (κ1) is 16.4. The van der Waals surface area contributed by atoms with E-state index in [-0.39, 0.29) is 17.1 Å². The number of halogens is 1. The highest BCUT2D eigenvalue weighted by Crippen LogP contribution is 2.27. The summed E-state index contributed by atoms with van der Waals surface area (Å²) in [5, 5.41) is 0.831. The minimum atomic E-state index is -3.12. The first-order chi connectivity index (χ1) is 7.31. The SMILES string of the molecule is CCC(CC)(CBr)CNS(=O)(=O)CC(C)C. The molecule has 16 heavy (non-hydrogen) atoms. The van der Waals surface area contributed by atoms with Crippen molar-refractivity contribution in [2.75, 3.05) is 17.6 Å². The van der Waals surface area contributed by atoms with Crippen LogP contribution < -0.4 is 4.72 Å². The van der Waals surface area contributed by atoms with Gasteiger partial charge in [-0.3, -0.25) is 0 Å². The fraction of sp³-hybridized carbons (Fsp3) is 1.00. The van der Waals surface area contributed by atoms with E-state index in [0.29, 0.717) is 6.54 Å². The molecule has 0 heterocycles. The average Bonchev–Trinajstić information content (AvgIpc) is 2.19. The predicted octanol–water partition coefficient (Wildman–Crippen LogP) is 2.76. The highest BCUT2D eigenvalue weighted by atomic mass is 79.9. The van der Waals surface area contributed by atoms with Crippen molar-refractivity contribution in [3.05, 3.63) is 0 Å². The fourth-order valence-electron chi connectivity index (χ4n) is 1.50. The van der Waals surface area contributed by atoms with Gasteiger partial charge < -0.3 is 0 Å². The van der Waals surface area contributed by atoms with Gasteiger partial charge >= 0.3 is 0 Å². The van der Waals surface area contributed by atoms with Gasteiger partial charge in [0.2, 0.25) is 10.0 Å². The lowest BCUT2D eigenvalue weighted by Gasteiger charge is -2.29. The Morgan fingerprint density at radius 1 is 1.25 bits per heavy atom. The van der Waals surface area contributed by atoms with Crippen molar-refractivity contribution < 1.29 is 8.42 Å². The van der Waals surface area contributed by atoms with Crippen molar-refractivity contribution in [3.8, 4) is 0 Å². The standard InChI is InChI=1S/C11H24BrNO2S/c1-5-11(6-2,8-12)9-13-16(14,15)7-10(3)4/h10,13H,5-9H2,1-4H3. The second-order valence-corrected chi connectivity index (χ2v) is 7.25. The first-order valence-electron chi connectivity index (χ1n) is 5.84. The van der Waals surface area contributed by atoms with Gasteiger partial charge in [-0.25, -0.2) is 13.1 Å². The molecule has 0 aliphatic rings. The van der Waals surface area contributed by atoms with Gasteiger partial charge in [0, 0.05) is 11.9 Å². The third kappa shape index (κ3) is 5.64. The summed E-state index contributed by atoms with van der Waals surface area (Å²) >= 11 is 3.48. The van der Waals surface area contributed by atoms with Crippen LogP contribution in [0.5, 0.6) is 0 Å². The van der Waals surface area contributed by atoms with E-state index >= 15 is 0 Å². The number of rotatable bonds is 8. The summed E-state index contributed by atoms with van der Waals surface area (Å²) < 4.78 is 26.1. The molecule has 98 valence electrons. The van der Waals surface area contributed by atoms with Crippen LogP contribution in [0.3, 0.4) is 0 Å². The lowest BCUT2D eigenvalue weighted by atomic mass is 9.85. The molecule has 0 aliphatic carbocycles. The molecule has 3 nitrogen and oxygen atoms in total. The zero-order valence-electron chi connectivity index (χ0n) is 10.7. The smallest absolute Gasteiger partial charge is 0.211 e. The summed E-state index contributed by atoms with van der Waals surface area (Å²) in [6.45, 7) is 8.55. The largest absolute Gasteiger partial charge is 0.215 e. The molecule has 0 spiro atoms. The Morgan fingerprint density at radius 2 is 1.75 bits per heavy atom. The maximum Gasteiger partial charge on any atom is 0.211 e. The Hall–Kier alpha value is 0.390. The number of nitrogens with one attached hydrogen (secondary N) is 1. The third-order valence-corrected chi connectivity index (χ3v) is 5.88. The number of sulfonamides is 1. The van der Waals surface area contributed by atoms with Gasteiger partial charge in [0.15, 0.2) is 0 Å². The molecule has 0 rings (SSSR count). The summed E-state index contributed by atoms with van der Waals surface area (Å²) in [7, 11) is -3.12. The van der Waals surface area contributed by atoms with E-state index in [2.05, 4.69) is 34.5 Å². The molecule has 0 aromatic heterocycles. The van der Waals surface area contributed by atoms with E-state index in [4.69, 9.17) is 0 Å². The first-order valence-corrected chi connectivity index (χ1v) is 8.61. The molecule has 0 aliphatic heterocycles. The Balaban J connectivity index is 4.42. The summed E-state index contributed by atoms with van der Waals surface area (Å²) in [4.78, 5) is 0. The maximum atomic E-state index is 11.7. The monoisotopic (exact) mass is 313 g/mol. The van der Waals surface area contributed by atoms with E-state index in [1.165, 1.54) is 0 Å². The van der Waals surface area contributed by atoms with Crippen LogP contribution in [0.1, 0.15) is 40.5 Å². The number of hydrogen-bond acceptors (Lipinski definition) is 2. The maximum absolute atomic E-state index is 11.7. The van der Waals surface area contributed by atoms with Crippen molar-refractivity contribution in [1.29, 1.82) is 0 Å². The Labute approximate surface area is 109 Å². The fourth-order valence-corrected chi connectivity index (χ4v) is 4.01. The predicted molar refractivity (Wildman–Crippen MR) is 73.4 cm³/mol. The van der Waals surface area contributed by atoms with Gasteiger partial charge in [-0.2, -0.15) is 0 Å². The van der Waals surface area contributed by atoms with Crippen LogP contribution in [0.25, 0.3) is 0 Å². The van der Waals surface area contributed by atoms with E-state index in [1.807, 2.05) is 13.8 Å². The second-order valence-electron chi connectivity index (χ2n) is 4.84. The van der Waals surface area contributed by atoms with E-state index in [9.17, 15) is 8.42 Å². The van der Waals surface area contributed by atoms with Crippen LogP contribution in [0.15, 0.2) is 0 Å². The van der Waals surface area contributed by atoms with Gasteiger partial charge in [0.05, 0.1) is 5.75 Å². The van der Waals surface area contributed by atoms with Gasteiger partial charge in [-0.1, -0.05) is 43.6 Å². The van der Waals surface area contributed by atoms with Crippen LogP contribution in [0.4, 0.5) is 0 Å². The summed E-state index contributed by atoms with van der Waals surface area (Å²) in [5.74, 6) is 0.373. The Kier molecular flexibility index (Phi) is 7.14. The molecular weight excluding hydrogens is 290 g/mol. The second kappa shape index (κ2) is 6.97. The molecule has 0 radical (unpaired) electrons. The Bertz CT molecular complexity index is 276. The summed E-state index contributed by atoms with van der Waals surface area (Å²) in [6.07, 6.45) is 1.94. The quantitative estimate of drug-likeness (QED) is 0.700. The number of hydrogen-bond donors (Lipinski definition) is 1. The molecule has 0 fully saturated rings.